The van der Waals surface area contributed by atoms with Crippen LogP contribution in [0.3, 0.4) is 0 Å². The van der Waals surface area contributed by atoms with E-state index in [1.54, 1.807) is 16.8 Å². The SMILES string of the molecule is Cc1ccc(-c2ccn(-c3ccc4c5c(oc4c3)CNCC5)c(=O)c2)cn1. The zero-order valence-electron chi connectivity index (χ0n) is 15.0. The first-order valence-corrected chi connectivity index (χ1v) is 9.10. The number of furan rings is 1. The van der Waals surface area contributed by atoms with Crippen LogP contribution in [0.5, 0.6) is 0 Å². The fourth-order valence-corrected chi connectivity index (χ4v) is 3.68. The smallest absolute Gasteiger partial charge is 0.255 e. The largest absolute Gasteiger partial charge is 0.459 e. The van der Waals surface area contributed by atoms with Gasteiger partial charge in [-0.3, -0.25) is 14.3 Å². The molecule has 1 aliphatic heterocycles. The molecular weight excluding hydrogens is 338 g/mol. The van der Waals surface area contributed by atoms with Crippen LogP contribution in [-0.2, 0) is 13.0 Å². The minimum Gasteiger partial charge on any atom is -0.459 e. The molecular formula is C22H19N3O2. The van der Waals surface area contributed by atoms with Crippen LogP contribution in [0.1, 0.15) is 17.0 Å². The Kier molecular flexibility index (Phi) is 3.69. The fourth-order valence-electron chi connectivity index (χ4n) is 3.68. The maximum Gasteiger partial charge on any atom is 0.255 e. The fraction of sp³-hybridized carbons (Fsp3) is 0.182. The molecule has 0 fully saturated rings. The summed E-state index contributed by atoms with van der Waals surface area (Å²) < 4.78 is 7.65. The maximum atomic E-state index is 12.7. The number of nitrogens with one attached hydrogen (secondary N) is 1. The zero-order chi connectivity index (χ0) is 18.4. The lowest BCUT2D eigenvalue weighted by Gasteiger charge is -2.10. The van der Waals surface area contributed by atoms with E-state index in [2.05, 4.69) is 16.4 Å². The second-order valence-corrected chi connectivity index (χ2v) is 6.92. The third kappa shape index (κ3) is 2.76. The van der Waals surface area contributed by atoms with Gasteiger partial charge in [-0.1, -0.05) is 6.07 Å². The number of rotatable bonds is 2. The van der Waals surface area contributed by atoms with Crippen molar-refractivity contribution in [2.45, 2.75) is 19.9 Å². The molecule has 1 aromatic carbocycles. The summed E-state index contributed by atoms with van der Waals surface area (Å²) in [7, 11) is 0. The van der Waals surface area contributed by atoms with Gasteiger partial charge < -0.3 is 9.73 Å². The first-order valence-electron chi connectivity index (χ1n) is 9.10. The van der Waals surface area contributed by atoms with Crippen molar-refractivity contribution in [1.82, 2.24) is 14.9 Å². The van der Waals surface area contributed by atoms with Crippen LogP contribution in [-0.4, -0.2) is 16.1 Å². The summed E-state index contributed by atoms with van der Waals surface area (Å²) >= 11 is 0. The molecule has 134 valence electrons. The second kappa shape index (κ2) is 6.21. The highest BCUT2D eigenvalue weighted by atomic mass is 16.3. The van der Waals surface area contributed by atoms with Crippen molar-refractivity contribution in [2.75, 3.05) is 6.54 Å². The van der Waals surface area contributed by atoms with Gasteiger partial charge in [0.15, 0.2) is 0 Å². The van der Waals surface area contributed by atoms with E-state index in [0.717, 1.165) is 58.7 Å². The Bertz CT molecular complexity index is 1200. The van der Waals surface area contributed by atoms with Crippen LogP contribution in [0.2, 0.25) is 0 Å². The quantitative estimate of drug-likeness (QED) is 0.595. The molecule has 1 N–H and O–H groups in total. The molecule has 0 radical (unpaired) electrons. The van der Waals surface area contributed by atoms with Gasteiger partial charge in [-0.2, -0.15) is 0 Å². The lowest BCUT2D eigenvalue weighted by Crippen LogP contribution is -2.22. The zero-order valence-corrected chi connectivity index (χ0v) is 15.0. The van der Waals surface area contributed by atoms with E-state index in [4.69, 9.17) is 4.42 Å². The summed E-state index contributed by atoms with van der Waals surface area (Å²) in [6.07, 6.45) is 4.58. The van der Waals surface area contributed by atoms with Crippen molar-refractivity contribution in [3.63, 3.8) is 0 Å². The molecule has 5 rings (SSSR count). The molecule has 0 saturated heterocycles. The molecule has 0 unspecified atom stereocenters. The maximum absolute atomic E-state index is 12.7. The third-order valence-corrected chi connectivity index (χ3v) is 5.14. The van der Waals surface area contributed by atoms with E-state index in [1.807, 2.05) is 43.5 Å². The molecule has 0 atom stereocenters. The van der Waals surface area contributed by atoms with Crippen LogP contribution >= 0.6 is 0 Å². The Balaban J connectivity index is 1.56. The number of pyridine rings is 2. The van der Waals surface area contributed by atoms with Crippen LogP contribution in [0.4, 0.5) is 0 Å². The van der Waals surface area contributed by atoms with Crippen molar-refractivity contribution >= 4 is 11.0 Å². The summed E-state index contributed by atoms with van der Waals surface area (Å²) in [5.74, 6) is 1.00. The third-order valence-electron chi connectivity index (χ3n) is 5.14. The number of benzene rings is 1. The first-order chi connectivity index (χ1) is 13.2. The summed E-state index contributed by atoms with van der Waals surface area (Å²) in [6.45, 7) is 3.68. The van der Waals surface area contributed by atoms with Crippen LogP contribution in [0, 0.1) is 6.92 Å². The van der Waals surface area contributed by atoms with Gasteiger partial charge in [-0.05, 0) is 49.7 Å². The number of hydrogen-bond donors (Lipinski definition) is 1. The highest BCUT2D eigenvalue weighted by Gasteiger charge is 2.17. The molecule has 5 heteroatoms. The van der Waals surface area contributed by atoms with Crippen molar-refractivity contribution in [1.29, 1.82) is 0 Å². The normalized spacial score (nSPS) is 13.7. The van der Waals surface area contributed by atoms with Crippen molar-refractivity contribution in [2.24, 2.45) is 0 Å². The van der Waals surface area contributed by atoms with Gasteiger partial charge in [-0.25, -0.2) is 0 Å². The van der Waals surface area contributed by atoms with Crippen LogP contribution < -0.4 is 10.9 Å². The lowest BCUT2D eigenvalue weighted by atomic mass is 10.0. The van der Waals surface area contributed by atoms with Gasteiger partial charge in [0.2, 0.25) is 0 Å². The van der Waals surface area contributed by atoms with Gasteiger partial charge in [0.05, 0.1) is 12.2 Å². The molecule has 0 amide bonds. The van der Waals surface area contributed by atoms with E-state index in [1.165, 1.54) is 5.56 Å². The topological polar surface area (TPSA) is 60.1 Å². The highest BCUT2D eigenvalue weighted by molar-refractivity contribution is 5.84. The van der Waals surface area contributed by atoms with Gasteiger partial charge in [0.25, 0.3) is 5.56 Å². The van der Waals surface area contributed by atoms with Gasteiger partial charge >= 0.3 is 0 Å². The molecule has 0 spiro atoms. The van der Waals surface area contributed by atoms with Crippen LogP contribution in [0.25, 0.3) is 27.8 Å². The average molecular weight is 357 g/mol. The van der Waals surface area contributed by atoms with Gasteiger partial charge in [-0.15, -0.1) is 0 Å². The number of hydrogen-bond acceptors (Lipinski definition) is 4. The Labute approximate surface area is 156 Å². The van der Waals surface area contributed by atoms with E-state index in [0.29, 0.717) is 0 Å². The minimum absolute atomic E-state index is 0.0783. The minimum atomic E-state index is -0.0783. The highest BCUT2D eigenvalue weighted by Crippen LogP contribution is 2.29. The van der Waals surface area contributed by atoms with Gasteiger partial charge in [0, 0.05) is 46.7 Å². The molecule has 5 nitrogen and oxygen atoms in total. The van der Waals surface area contributed by atoms with E-state index >= 15 is 0 Å². The van der Waals surface area contributed by atoms with Crippen molar-refractivity contribution < 1.29 is 4.42 Å². The van der Waals surface area contributed by atoms with Gasteiger partial charge in [0.1, 0.15) is 11.3 Å². The molecule has 1 aliphatic rings. The van der Waals surface area contributed by atoms with E-state index in [-0.39, 0.29) is 5.56 Å². The number of fused-ring (bicyclic) bond motifs is 3. The Morgan fingerprint density at radius 1 is 1.11 bits per heavy atom. The van der Waals surface area contributed by atoms with E-state index in [9.17, 15) is 4.79 Å². The average Bonchev–Trinajstić information content (AvgIpc) is 3.06. The van der Waals surface area contributed by atoms with Crippen LogP contribution in [0.15, 0.2) is 64.1 Å². The first kappa shape index (κ1) is 16.0. The molecule has 0 aliphatic carbocycles. The number of nitrogens with zero attached hydrogens (tertiary/aromatic N) is 2. The molecule has 4 aromatic rings. The van der Waals surface area contributed by atoms with Crippen molar-refractivity contribution in [3.05, 3.63) is 82.2 Å². The molecule has 27 heavy (non-hydrogen) atoms. The number of aryl methyl sites for hydroxylation is 1. The Morgan fingerprint density at radius 2 is 2.04 bits per heavy atom. The number of aromatic nitrogens is 2. The van der Waals surface area contributed by atoms with Crippen molar-refractivity contribution in [3.8, 4) is 16.8 Å². The predicted molar refractivity (Wildman–Crippen MR) is 105 cm³/mol. The molecule has 0 bridgehead atoms. The Morgan fingerprint density at radius 3 is 2.85 bits per heavy atom. The molecule has 3 aromatic heterocycles. The summed E-state index contributed by atoms with van der Waals surface area (Å²) in [6, 6.07) is 13.5. The summed E-state index contributed by atoms with van der Waals surface area (Å²) in [5, 5.41) is 4.47. The van der Waals surface area contributed by atoms with E-state index < -0.39 is 0 Å². The Hall–Kier alpha value is -3.18. The summed E-state index contributed by atoms with van der Waals surface area (Å²) in [5.41, 5.74) is 5.60. The molecule has 0 saturated carbocycles. The standard InChI is InChI=1S/C22H19N3O2/c1-14-2-3-16(12-24-14)15-7-9-25(22(26)10-15)17-4-5-18-19-6-8-23-13-21(19)27-20(18)11-17/h2-5,7,9-12,23H,6,8,13H2,1H3. The monoisotopic (exact) mass is 357 g/mol. The second-order valence-electron chi connectivity index (χ2n) is 6.92. The molecule has 4 heterocycles. The predicted octanol–water partition coefficient (Wildman–Crippen LogP) is 3.60. The summed E-state index contributed by atoms with van der Waals surface area (Å²) in [4.78, 5) is 17.0. The lowest BCUT2D eigenvalue weighted by molar-refractivity contribution is 0.488.